The van der Waals surface area contributed by atoms with E-state index < -0.39 is 0 Å². The molecule has 1 aromatic carbocycles. The van der Waals surface area contributed by atoms with E-state index >= 15 is 0 Å². The van der Waals surface area contributed by atoms with E-state index in [2.05, 4.69) is 16.3 Å². The van der Waals surface area contributed by atoms with Gasteiger partial charge < -0.3 is 14.5 Å². The van der Waals surface area contributed by atoms with Crippen LogP contribution in [0.5, 0.6) is 5.75 Å². The molecule has 18 heavy (non-hydrogen) atoms. The summed E-state index contributed by atoms with van der Waals surface area (Å²) in [5.74, 6) is 0.880. The third-order valence-electron chi connectivity index (χ3n) is 3.46. The normalized spacial score (nSPS) is 17.2. The summed E-state index contributed by atoms with van der Waals surface area (Å²) in [6.45, 7) is 5.27. The first-order chi connectivity index (χ1) is 8.86. The van der Waals surface area contributed by atoms with Crippen molar-refractivity contribution >= 4 is 11.0 Å². The van der Waals surface area contributed by atoms with Crippen molar-refractivity contribution in [2.75, 3.05) is 33.3 Å². The standard InChI is InChI=1S/C14H18N2O2/c1-17-12-2-3-14-13(8-12)11(10-18-14)9-16-6-4-15-5-7-16/h2-3,8,10,15H,4-7,9H2,1H3. The Labute approximate surface area is 107 Å². The van der Waals surface area contributed by atoms with Crippen LogP contribution in [-0.2, 0) is 6.54 Å². The van der Waals surface area contributed by atoms with E-state index in [4.69, 9.17) is 9.15 Å². The molecule has 0 unspecified atom stereocenters. The van der Waals surface area contributed by atoms with Gasteiger partial charge in [-0.1, -0.05) is 0 Å². The molecule has 0 radical (unpaired) electrons. The Kier molecular flexibility index (Phi) is 3.21. The fourth-order valence-electron chi connectivity index (χ4n) is 2.42. The van der Waals surface area contributed by atoms with E-state index in [0.717, 1.165) is 49.4 Å². The number of piperazine rings is 1. The Morgan fingerprint density at radius 1 is 1.33 bits per heavy atom. The van der Waals surface area contributed by atoms with Crippen LogP contribution in [0.4, 0.5) is 0 Å². The molecule has 1 saturated heterocycles. The number of methoxy groups -OCH3 is 1. The van der Waals surface area contributed by atoms with Gasteiger partial charge in [0.2, 0.25) is 0 Å². The lowest BCUT2D eigenvalue weighted by Crippen LogP contribution is -2.42. The topological polar surface area (TPSA) is 37.6 Å². The zero-order valence-corrected chi connectivity index (χ0v) is 10.6. The summed E-state index contributed by atoms with van der Waals surface area (Å²) >= 11 is 0. The molecule has 96 valence electrons. The van der Waals surface area contributed by atoms with E-state index in [1.54, 1.807) is 7.11 Å². The van der Waals surface area contributed by atoms with Crippen LogP contribution in [0.3, 0.4) is 0 Å². The molecule has 1 fully saturated rings. The molecule has 0 saturated carbocycles. The highest BCUT2D eigenvalue weighted by atomic mass is 16.5. The predicted molar refractivity (Wildman–Crippen MR) is 70.9 cm³/mol. The van der Waals surface area contributed by atoms with E-state index in [-0.39, 0.29) is 0 Å². The number of benzene rings is 1. The second-order valence-corrected chi connectivity index (χ2v) is 4.65. The zero-order valence-electron chi connectivity index (χ0n) is 10.6. The number of furan rings is 1. The van der Waals surface area contributed by atoms with Crippen molar-refractivity contribution in [3.63, 3.8) is 0 Å². The molecular weight excluding hydrogens is 228 g/mol. The van der Waals surface area contributed by atoms with Crippen molar-refractivity contribution in [2.45, 2.75) is 6.54 Å². The minimum atomic E-state index is 0.880. The third kappa shape index (κ3) is 2.21. The second-order valence-electron chi connectivity index (χ2n) is 4.65. The van der Waals surface area contributed by atoms with Gasteiger partial charge in [-0.15, -0.1) is 0 Å². The number of hydrogen-bond acceptors (Lipinski definition) is 4. The first-order valence-electron chi connectivity index (χ1n) is 6.34. The molecule has 4 nitrogen and oxygen atoms in total. The largest absolute Gasteiger partial charge is 0.497 e. The first kappa shape index (κ1) is 11.6. The molecule has 0 amide bonds. The maximum atomic E-state index is 5.59. The Balaban J connectivity index is 1.86. The molecule has 2 heterocycles. The maximum Gasteiger partial charge on any atom is 0.134 e. The Hall–Kier alpha value is -1.52. The van der Waals surface area contributed by atoms with Crippen molar-refractivity contribution in [2.24, 2.45) is 0 Å². The number of nitrogens with one attached hydrogen (secondary N) is 1. The molecule has 2 aromatic rings. The number of fused-ring (bicyclic) bond motifs is 1. The molecule has 0 atom stereocenters. The summed E-state index contributed by atoms with van der Waals surface area (Å²) < 4.78 is 10.9. The highest BCUT2D eigenvalue weighted by molar-refractivity contribution is 5.82. The van der Waals surface area contributed by atoms with Gasteiger partial charge in [0, 0.05) is 43.7 Å². The lowest BCUT2D eigenvalue weighted by Gasteiger charge is -2.26. The van der Waals surface area contributed by atoms with E-state index in [9.17, 15) is 0 Å². The van der Waals surface area contributed by atoms with Crippen molar-refractivity contribution < 1.29 is 9.15 Å². The average Bonchev–Trinajstić information content (AvgIpc) is 2.82. The van der Waals surface area contributed by atoms with Gasteiger partial charge in [-0.3, -0.25) is 4.90 Å². The van der Waals surface area contributed by atoms with Crippen molar-refractivity contribution in [3.8, 4) is 5.75 Å². The number of nitrogens with zero attached hydrogens (tertiary/aromatic N) is 1. The monoisotopic (exact) mass is 246 g/mol. The Bertz CT molecular complexity index is 530. The molecule has 0 spiro atoms. The van der Waals surface area contributed by atoms with Gasteiger partial charge in [-0.2, -0.15) is 0 Å². The van der Waals surface area contributed by atoms with E-state index in [1.165, 1.54) is 5.56 Å². The summed E-state index contributed by atoms with van der Waals surface area (Å²) in [4.78, 5) is 2.44. The van der Waals surface area contributed by atoms with E-state index in [1.807, 2.05) is 18.4 Å². The summed E-state index contributed by atoms with van der Waals surface area (Å²) in [7, 11) is 1.69. The van der Waals surface area contributed by atoms with E-state index in [0.29, 0.717) is 0 Å². The Morgan fingerprint density at radius 2 is 2.17 bits per heavy atom. The van der Waals surface area contributed by atoms with Crippen LogP contribution in [-0.4, -0.2) is 38.2 Å². The van der Waals surface area contributed by atoms with Crippen LogP contribution < -0.4 is 10.1 Å². The number of hydrogen-bond donors (Lipinski definition) is 1. The van der Waals surface area contributed by atoms with Gasteiger partial charge in [-0.25, -0.2) is 0 Å². The molecule has 0 bridgehead atoms. The molecule has 0 aliphatic carbocycles. The van der Waals surface area contributed by atoms with Gasteiger partial charge in [-0.05, 0) is 18.2 Å². The second kappa shape index (κ2) is 5.00. The molecule has 3 rings (SSSR count). The van der Waals surface area contributed by atoms with Crippen LogP contribution in [0.15, 0.2) is 28.9 Å². The van der Waals surface area contributed by atoms with Gasteiger partial charge in [0.1, 0.15) is 11.3 Å². The van der Waals surface area contributed by atoms with Gasteiger partial charge in [0.05, 0.1) is 13.4 Å². The lowest BCUT2D eigenvalue weighted by molar-refractivity contribution is 0.233. The molecule has 1 aliphatic rings. The smallest absolute Gasteiger partial charge is 0.134 e. The highest BCUT2D eigenvalue weighted by Crippen LogP contribution is 2.26. The minimum absolute atomic E-state index is 0.880. The van der Waals surface area contributed by atoms with Crippen molar-refractivity contribution in [1.82, 2.24) is 10.2 Å². The van der Waals surface area contributed by atoms with Crippen LogP contribution in [0, 0.1) is 0 Å². The summed E-state index contributed by atoms with van der Waals surface area (Å²) in [5.41, 5.74) is 2.17. The highest BCUT2D eigenvalue weighted by Gasteiger charge is 2.13. The number of rotatable bonds is 3. The SMILES string of the molecule is COc1ccc2occ(CN3CCNCC3)c2c1. The van der Waals surface area contributed by atoms with Gasteiger partial charge in [0.25, 0.3) is 0 Å². The number of ether oxygens (including phenoxy) is 1. The third-order valence-corrected chi connectivity index (χ3v) is 3.46. The molecule has 1 aromatic heterocycles. The average molecular weight is 246 g/mol. The molecule has 1 aliphatic heterocycles. The van der Waals surface area contributed by atoms with Gasteiger partial charge in [0.15, 0.2) is 0 Å². The summed E-state index contributed by atoms with van der Waals surface area (Å²) in [6.07, 6.45) is 1.87. The summed E-state index contributed by atoms with van der Waals surface area (Å²) in [5, 5.41) is 4.52. The van der Waals surface area contributed by atoms with Crippen molar-refractivity contribution in [3.05, 3.63) is 30.0 Å². The fraction of sp³-hybridized carbons (Fsp3) is 0.429. The Morgan fingerprint density at radius 3 is 2.94 bits per heavy atom. The van der Waals surface area contributed by atoms with Crippen LogP contribution in [0.25, 0.3) is 11.0 Å². The van der Waals surface area contributed by atoms with Gasteiger partial charge >= 0.3 is 0 Å². The van der Waals surface area contributed by atoms with Crippen LogP contribution >= 0.6 is 0 Å². The zero-order chi connectivity index (χ0) is 12.4. The van der Waals surface area contributed by atoms with Crippen molar-refractivity contribution in [1.29, 1.82) is 0 Å². The lowest BCUT2D eigenvalue weighted by atomic mass is 10.1. The maximum absolute atomic E-state index is 5.59. The minimum Gasteiger partial charge on any atom is -0.497 e. The predicted octanol–water partition coefficient (Wildman–Crippen LogP) is 1.85. The van der Waals surface area contributed by atoms with Crippen LogP contribution in [0.1, 0.15) is 5.56 Å². The summed E-state index contributed by atoms with van der Waals surface area (Å²) in [6, 6.07) is 5.95. The molecule has 4 heteroatoms. The van der Waals surface area contributed by atoms with Crippen LogP contribution in [0.2, 0.25) is 0 Å². The first-order valence-corrected chi connectivity index (χ1v) is 6.34. The fourth-order valence-corrected chi connectivity index (χ4v) is 2.42. The molecule has 1 N–H and O–H groups in total. The molecular formula is C14H18N2O2. The quantitative estimate of drug-likeness (QED) is 0.897.